The van der Waals surface area contributed by atoms with E-state index in [0.717, 1.165) is 36.6 Å². The van der Waals surface area contributed by atoms with Gasteiger partial charge in [-0.15, -0.1) is 0 Å². The van der Waals surface area contributed by atoms with E-state index < -0.39 is 89.4 Å². The number of likely N-dealkylation sites (tertiary alicyclic amines) is 1. The topological polar surface area (TPSA) is 230 Å². The molecule has 2 saturated carbocycles. The molecule has 0 bridgehead atoms. The summed E-state index contributed by atoms with van der Waals surface area (Å²) in [6.45, 7) is 6.07. The maximum atomic E-state index is 14.6. The van der Waals surface area contributed by atoms with E-state index >= 15 is 0 Å². The predicted molar refractivity (Wildman–Crippen MR) is 218 cm³/mol. The van der Waals surface area contributed by atoms with Crippen LogP contribution in [-0.2, 0) is 33.5 Å². The third kappa shape index (κ3) is 13.5. The van der Waals surface area contributed by atoms with Crippen molar-refractivity contribution in [2.24, 2.45) is 23.5 Å². The number of nitrogens with one attached hydrogen (secondary N) is 4. The van der Waals surface area contributed by atoms with E-state index in [-0.39, 0.29) is 31.2 Å². The van der Waals surface area contributed by atoms with E-state index in [2.05, 4.69) is 37.2 Å². The molecule has 3 fully saturated rings. The van der Waals surface area contributed by atoms with E-state index in [0.29, 0.717) is 31.2 Å². The van der Waals surface area contributed by atoms with Gasteiger partial charge in [-0.05, 0) is 94.7 Å². The number of rotatable bonds is 18. The van der Waals surface area contributed by atoms with Crippen LogP contribution in [0.2, 0.25) is 0 Å². The number of nitrogens with two attached hydrogens (primary N) is 1. The number of likely N-dealkylation sites (N-methyl/N-ethyl adjacent to an activating group) is 1. The largest absolute Gasteiger partial charge is 0.429 e. The van der Waals surface area contributed by atoms with Crippen molar-refractivity contribution in [3.63, 3.8) is 0 Å². The van der Waals surface area contributed by atoms with Gasteiger partial charge in [-0.1, -0.05) is 67.1 Å². The lowest BCUT2D eigenvalue weighted by Crippen LogP contribution is -2.59. The maximum Gasteiger partial charge on any atom is 0.409 e. The highest BCUT2D eigenvalue weighted by Crippen LogP contribution is 2.37. The molecule has 0 aromatic heterocycles. The number of ether oxygens (including phenoxy) is 1. The standard InChI is InChI=1S/C41H62BrN7O9/c1-7-41(4,57)22-27-19-20-49(38(55)32(25-11-9-8-10-12-25)47-39(56)58-40(2,3)43)33(27)35(52)45-29(21-24-13-14-24)34(51)36(53)44-23-30(50)46-31(37(54)48(5)6)26-15-17-28(42)18-16-26/h15-18,24-25,27,29,31-33,57H,7-14,19-23,43H2,1-6H3,(H,44,53)(H,45,52)(H,46,50)(H,47,56)/t27-,29?,31?,32?,33?,41?/m1/s1. The van der Waals surface area contributed by atoms with Crippen LogP contribution in [0.25, 0.3) is 0 Å². The van der Waals surface area contributed by atoms with Crippen molar-refractivity contribution in [1.82, 2.24) is 31.1 Å². The zero-order chi connectivity index (χ0) is 42.9. The third-order valence-electron chi connectivity index (χ3n) is 11.3. The van der Waals surface area contributed by atoms with E-state index in [1.807, 2.05) is 6.92 Å². The summed E-state index contributed by atoms with van der Waals surface area (Å²) < 4.78 is 6.10. The Bertz CT molecular complexity index is 1660. The minimum Gasteiger partial charge on any atom is -0.429 e. The molecule has 1 aliphatic heterocycles. The maximum absolute atomic E-state index is 14.6. The van der Waals surface area contributed by atoms with Gasteiger partial charge in [0.15, 0.2) is 5.72 Å². The number of hydrogen-bond acceptors (Lipinski definition) is 10. The van der Waals surface area contributed by atoms with Gasteiger partial charge in [0.2, 0.25) is 29.4 Å². The van der Waals surface area contributed by atoms with Crippen molar-refractivity contribution >= 4 is 57.3 Å². The lowest BCUT2D eigenvalue weighted by Gasteiger charge is -2.36. The fourth-order valence-corrected chi connectivity index (χ4v) is 8.06. The highest BCUT2D eigenvalue weighted by atomic mass is 79.9. The molecule has 7 N–H and O–H groups in total. The molecule has 5 unspecified atom stereocenters. The number of carbonyl (C=O) groups is 7. The van der Waals surface area contributed by atoms with Gasteiger partial charge in [0.25, 0.3) is 5.91 Å². The van der Waals surface area contributed by atoms with Gasteiger partial charge in [-0.3, -0.25) is 34.5 Å². The van der Waals surface area contributed by atoms with Crippen LogP contribution in [-0.4, -0.2) is 113 Å². The fourth-order valence-electron chi connectivity index (χ4n) is 7.80. The lowest BCUT2D eigenvalue weighted by molar-refractivity contribution is -0.145. The average Bonchev–Trinajstić information content (AvgIpc) is 3.89. The van der Waals surface area contributed by atoms with Gasteiger partial charge >= 0.3 is 6.09 Å². The molecule has 17 heteroatoms. The van der Waals surface area contributed by atoms with Crippen LogP contribution in [0.1, 0.15) is 110 Å². The Morgan fingerprint density at radius 2 is 1.59 bits per heavy atom. The Morgan fingerprint density at radius 3 is 2.16 bits per heavy atom. The summed E-state index contributed by atoms with van der Waals surface area (Å²) in [4.78, 5) is 97.9. The normalized spacial score (nSPS) is 21.1. The van der Waals surface area contributed by atoms with E-state index in [9.17, 15) is 38.7 Å². The Balaban J connectivity index is 1.52. The zero-order valence-corrected chi connectivity index (χ0v) is 36.2. The summed E-state index contributed by atoms with van der Waals surface area (Å²) >= 11 is 3.36. The number of benzene rings is 1. The summed E-state index contributed by atoms with van der Waals surface area (Å²) in [7, 11) is 3.10. The molecule has 1 heterocycles. The number of nitrogens with zero attached hydrogens (tertiary/aromatic N) is 2. The van der Waals surface area contributed by atoms with Crippen molar-refractivity contribution < 1.29 is 43.4 Å². The summed E-state index contributed by atoms with van der Waals surface area (Å²) in [6, 6.07) is 2.39. The fraction of sp³-hybridized carbons (Fsp3) is 0.683. The smallest absolute Gasteiger partial charge is 0.409 e. The minimum absolute atomic E-state index is 0.0877. The number of amides is 6. The predicted octanol–water partition coefficient (Wildman–Crippen LogP) is 2.80. The zero-order valence-electron chi connectivity index (χ0n) is 34.6. The number of alkyl carbamates (subject to hydrolysis) is 1. The second-order valence-corrected chi connectivity index (χ2v) is 18.1. The van der Waals surface area contributed by atoms with Gasteiger partial charge in [0.1, 0.15) is 18.1 Å². The van der Waals surface area contributed by atoms with Gasteiger partial charge in [0, 0.05) is 25.1 Å². The highest BCUT2D eigenvalue weighted by molar-refractivity contribution is 9.10. The minimum atomic E-state index is -1.30. The first kappa shape index (κ1) is 46.6. The van der Waals surface area contributed by atoms with Gasteiger partial charge < -0.3 is 40.9 Å². The van der Waals surface area contributed by atoms with Gasteiger partial charge in [-0.25, -0.2) is 4.79 Å². The van der Waals surface area contributed by atoms with Crippen molar-refractivity contribution in [1.29, 1.82) is 0 Å². The number of hydrogen-bond donors (Lipinski definition) is 6. The Kier molecular flexibility index (Phi) is 16.3. The molecular formula is C41H62BrN7O9. The molecule has 1 aromatic rings. The molecule has 6 atom stereocenters. The Hall–Kier alpha value is -4.09. The van der Waals surface area contributed by atoms with E-state index in [1.54, 1.807) is 45.3 Å². The number of aliphatic hydroxyl groups is 1. The van der Waals surface area contributed by atoms with Crippen molar-refractivity contribution in [3.05, 3.63) is 34.3 Å². The molecule has 322 valence electrons. The molecule has 1 aromatic carbocycles. The molecule has 6 amide bonds. The number of halogens is 1. The average molecular weight is 877 g/mol. The van der Waals surface area contributed by atoms with Crippen LogP contribution >= 0.6 is 15.9 Å². The SMILES string of the molecule is CCC(C)(O)C[C@H]1CCN(C(=O)C(NC(=O)OC(C)(C)N)C2CCCCC2)C1C(=O)NC(CC1CC1)C(=O)C(=O)NCC(=O)NC(C(=O)N(C)C)c1ccc(Br)cc1. The van der Waals surface area contributed by atoms with E-state index in [4.69, 9.17) is 10.5 Å². The molecule has 4 rings (SSSR count). The van der Waals surface area contributed by atoms with Crippen molar-refractivity contribution in [2.45, 2.75) is 134 Å². The molecule has 0 spiro atoms. The molecule has 0 radical (unpaired) electrons. The summed E-state index contributed by atoms with van der Waals surface area (Å²) in [5.41, 5.74) is 3.98. The molecule has 3 aliphatic rings. The molecule has 16 nitrogen and oxygen atoms in total. The molecule has 58 heavy (non-hydrogen) atoms. The highest BCUT2D eigenvalue weighted by Gasteiger charge is 2.48. The first-order valence-electron chi connectivity index (χ1n) is 20.4. The Morgan fingerprint density at radius 1 is 0.948 bits per heavy atom. The number of ketones is 1. The second kappa shape index (κ2) is 20.2. The van der Waals surface area contributed by atoms with E-state index in [1.165, 1.54) is 23.6 Å². The van der Waals surface area contributed by atoms with Crippen LogP contribution in [0.3, 0.4) is 0 Å². The van der Waals surface area contributed by atoms with Crippen LogP contribution < -0.4 is 27.0 Å². The van der Waals surface area contributed by atoms with Crippen LogP contribution in [0.15, 0.2) is 28.7 Å². The molecule has 2 aliphatic carbocycles. The monoisotopic (exact) mass is 875 g/mol. The van der Waals surface area contributed by atoms with Gasteiger partial charge in [0.05, 0.1) is 18.2 Å². The summed E-state index contributed by atoms with van der Waals surface area (Å²) in [5, 5.41) is 21.6. The first-order valence-corrected chi connectivity index (χ1v) is 21.2. The molecular weight excluding hydrogens is 814 g/mol. The molecule has 1 saturated heterocycles. The van der Waals surface area contributed by atoms with Crippen molar-refractivity contribution in [3.8, 4) is 0 Å². The lowest BCUT2D eigenvalue weighted by atomic mass is 9.82. The summed E-state index contributed by atoms with van der Waals surface area (Å²) in [6.07, 6.45) is 6.00. The third-order valence-corrected chi connectivity index (χ3v) is 11.8. The second-order valence-electron chi connectivity index (χ2n) is 17.2. The quantitative estimate of drug-likeness (QED) is 0.0934. The number of Topliss-reactive ketones (excluding diaryl/α,β-unsaturated/α-hetero) is 1. The van der Waals surface area contributed by atoms with Gasteiger partial charge in [-0.2, -0.15) is 0 Å². The van der Waals surface area contributed by atoms with Crippen molar-refractivity contribution in [2.75, 3.05) is 27.2 Å². The first-order chi connectivity index (χ1) is 27.2. The van der Waals surface area contributed by atoms with Crippen LogP contribution in [0.4, 0.5) is 4.79 Å². The van der Waals surface area contributed by atoms with Crippen LogP contribution in [0, 0.1) is 17.8 Å². The number of carbonyl (C=O) groups excluding carboxylic acids is 7. The van der Waals surface area contributed by atoms with Crippen LogP contribution in [0.5, 0.6) is 0 Å². The summed E-state index contributed by atoms with van der Waals surface area (Å²) in [5.74, 6) is -4.91. The Labute approximate surface area is 349 Å².